The summed E-state index contributed by atoms with van der Waals surface area (Å²) in [5.74, 6) is -0.155. The van der Waals surface area contributed by atoms with Crippen LogP contribution in [-0.4, -0.2) is 22.4 Å². The van der Waals surface area contributed by atoms with E-state index in [9.17, 15) is 4.79 Å². The molecule has 1 amide bonds. The van der Waals surface area contributed by atoms with Crippen LogP contribution in [0.5, 0.6) is 0 Å². The smallest absolute Gasteiger partial charge is 0.273 e. The van der Waals surface area contributed by atoms with Gasteiger partial charge in [-0.2, -0.15) is 0 Å². The number of unbranched alkanes of at least 4 members (excludes halogenated alkanes) is 1. The van der Waals surface area contributed by atoms with Gasteiger partial charge in [0.15, 0.2) is 11.5 Å². The van der Waals surface area contributed by atoms with Gasteiger partial charge in [-0.3, -0.25) is 4.79 Å². The molecule has 3 N–H and O–H groups in total. The number of hydrogen-bond acceptors (Lipinski definition) is 4. The monoisotopic (exact) mass is 346 g/mol. The lowest BCUT2D eigenvalue weighted by molar-refractivity contribution is 0.0949. The van der Waals surface area contributed by atoms with Gasteiger partial charge in [-0.15, -0.1) is 0 Å². The molecule has 3 rings (SSSR count). The van der Waals surface area contributed by atoms with Crippen molar-refractivity contribution in [3.8, 4) is 22.5 Å². The number of anilines is 1. The fourth-order valence-electron chi connectivity index (χ4n) is 2.67. The quantitative estimate of drug-likeness (QED) is 0.663. The third-order valence-corrected chi connectivity index (χ3v) is 4.05. The fraction of sp³-hybridized carbons (Fsp3) is 0.190. The molecular weight excluding hydrogens is 324 g/mol. The van der Waals surface area contributed by atoms with Gasteiger partial charge >= 0.3 is 0 Å². The molecule has 1 heterocycles. The van der Waals surface area contributed by atoms with Crippen LogP contribution in [0.4, 0.5) is 5.82 Å². The first kappa shape index (κ1) is 17.6. The second-order valence-electron chi connectivity index (χ2n) is 6.00. The minimum absolute atomic E-state index is 0.137. The molecule has 5 heteroatoms. The summed E-state index contributed by atoms with van der Waals surface area (Å²) in [6.07, 6.45) is 1.91. The Morgan fingerprint density at radius 3 is 2.00 bits per heavy atom. The predicted molar refractivity (Wildman–Crippen MR) is 105 cm³/mol. The lowest BCUT2D eigenvalue weighted by Crippen LogP contribution is -2.27. The van der Waals surface area contributed by atoms with Gasteiger partial charge < -0.3 is 11.1 Å². The predicted octanol–water partition coefficient (Wildman–Crippen LogP) is 3.92. The first-order valence-corrected chi connectivity index (χ1v) is 8.77. The van der Waals surface area contributed by atoms with Gasteiger partial charge in [0.1, 0.15) is 0 Å². The zero-order valence-electron chi connectivity index (χ0n) is 14.8. The number of aromatic nitrogens is 2. The summed E-state index contributed by atoms with van der Waals surface area (Å²) in [5, 5.41) is 2.86. The van der Waals surface area contributed by atoms with Gasteiger partial charge in [0.05, 0.1) is 11.4 Å². The van der Waals surface area contributed by atoms with Gasteiger partial charge in [0.2, 0.25) is 0 Å². The molecule has 0 aliphatic heterocycles. The molecular formula is C21H22N4O. The minimum Gasteiger partial charge on any atom is -0.382 e. The highest BCUT2D eigenvalue weighted by Gasteiger charge is 2.19. The molecule has 0 spiro atoms. The van der Waals surface area contributed by atoms with E-state index in [1.807, 2.05) is 60.7 Å². The van der Waals surface area contributed by atoms with E-state index in [0.29, 0.717) is 17.9 Å². The summed E-state index contributed by atoms with van der Waals surface area (Å²) in [6.45, 7) is 2.67. The van der Waals surface area contributed by atoms with Gasteiger partial charge in [-0.1, -0.05) is 74.0 Å². The zero-order chi connectivity index (χ0) is 18.4. The maximum absolute atomic E-state index is 12.5. The van der Waals surface area contributed by atoms with Crippen LogP contribution >= 0.6 is 0 Å². The normalized spacial score (nSPS) is 10.5. The van der Waals surface area contributed by atoms with Crippen molar-refractivity contribution in [3.05, 3.63) is 66.4 Å². The van der Waals surface area contributed by atoms with Crippen molar-refractivity contribution < 1.29 is 4.79 Å². The molecule has 0 bridgehead atoms. The van der Waals surface area contributed by atoms with Gasteiger partial charge in [-0.25, -0.2) is 9.97 Å². The third kappa shape index (κ3) is 3.88. The number of carbonyl (C=O) groups excluding carboxylic acids is 1. The third-order valence-electron chi connectivity index (χ3n) is 4.05. The molecule has 1 aromatic heterocycles. The number of nitrogens with zero attached hydrogens (tertiary/aromatic N) is 2. The van der Waals surface area contributed by atoms with E-state index in [1.165, 1.54) is 0 Å². The Bertz CT molecular complexity index is 879. The number of carbonyl (C=O) groups is 1. The Balaban J connectivity index is 2.09. The average Bonchev–Trinajstić information content (AvgIpc) is 2.69. The second-order valence-corrected chi connectivity index (χ2v) is 6.00. The van der Waals surface area contributed by atoms with E-state index < -0.39 is 0 Å². The van der Waals surface area contributed by atoms with Crippen LogP contribution in [0.25, 0.3) is 22.5 Å². The first-order valence-electron chi connectivity index (χ1n) is 8.77. The molecule has 0 unspecified atom stereocenters. The Kier molecular flexibility index (Phi) is 5.59. The van der Waals surface area contributed by atoms with Crippen LogP contribution in [0.2, 0.25) is 0 Å². The highest BCUT2D eigenvalue weighted by Crippen LogP contribution is 2.30. The van der Waals surface area contributed by atoms with Crippen molar-refractivity contribution in [2.24, 2.45) is 0 Å². The fourth-order valence-corrected chi connectivity index (χ4v) is 2.67. The summed E-state index contributed by atoms with van der Waals surface area (Å²) < 4.78 is 0. The SMILES string of the molecule is CCCCNC(=O)c1nc(-c2ccccc2)c(-c2ccccc2)nc1N. The number of nitrogens with two attached hydrogens (primary N) is 1. The van der Waals surface area contributed by atoms with Gasteiger partial charge in [-0.05, 0) is 6.42 Å². The zero-order valence-corrected chi connectivity index (χ0v) is 14.8. The van der Waals surface area contributed by atoms with Crippen LogP contribution in [0, 0.1) is 0 Å². The summed E-state index contributed by atoms with van der Waals surface area (Å²) in [4.78, 5) is 21.6. The first-order chi connectivity index (χ1) is 12.7. The Labute approximate surface area is 153 Å². The topological polar surface area (TPSA) is 80.9 Å². The highest BCUT2D eigenvalue weighted by molar-refractivity contribution is 5.98. The molecule has 2 aromatic carbocycles. The molecule has 0 aliphatic rings. The Morgan fingerprint density at radius 1 is 0.923 bits per heavy atom. The molecule has 3 aromatic rings. The summed E-state index contributed by atoms with van der Waals surface area (Å²) in [6, 6.07) is 19.4. The largest absolute Gasteiger partial charge is 0.382 e. The van der Waals surface area contributed by atoms with Crippen LogP contribution in [0.3, 0.4) is 0 Å². The summed E-state index contributed by atoms with van der Waals surface area (Å²) in [5.41, 5.74) is 9.35. The molecule has 0 saturated heterocycles. The number of nitrogens with one attached hydrogen (secondary N) is 1. The lowest BCUT2D eigenvalue weighted by Gasteiger charge is -2.13. The minimum atomic E-state index is -0.291. The van der Waals surface area contributed by atoms with E-state index in [1.54, 1.807) is 0 Å². The van der Waals surface area contributed by atoms with Crippen LogP contribution in [0.15, 0.2) is 60.7 Å². The maximum atomic E-state index is 12.5. The number of nitrogen functional groups attached to an aromatic ring is 1. The number of amides is 1. The number of benzene rings is 2. The van der Waals surface area contributed by atoms with Crippen molar-refractivity contribution in [1.29, 1.82) is 0 Å². The van der Waals surface area contributed by atoms with E-state index in [-0.39, 0.29) is 17.4 Å². The Hall–Kier alpha value is -3.21. The molecule has 0 atom stereocenters. The molecule has 0 fully saturated rings. The summed E-state index contributed by atoms with van der Waals surface area (Å²) >= 11 is 0. The second kappa shape index (κ2) is 8.25. The molecule has 0 aliphatic carbocycles. The van der Waals surface area contributed by atoms with Crippen LogP contribution in [-0.2, 0) is 0 Å². The van der Waals surface area contributed by atoms with E-state index in [2.05, 4.69) is 22.2 Å². The molecule has 0 saturated carbocycles. The number of rotatable bonds is 6. The van der Waals surface area contributed by atoms with Crippen LogP contribution in [0.1, 0.15) is 30.3 Å². The van der Waals surface area contributed by atoms with Crippen molar-refractivity contribution in [1.82, 2.24) is 15.3 Å². The molecule has 5 nitrogen and oxygen atoms in total. The van der Waals surface area contributed by atoms with Crippen molar-refractivity contribution in [2.45, 2.75) is 19.8 Å². The van der Waals surface area contributed by atoms with Gasteiger partial charge in [0, 0.05) is 17.7 Å². The highest BCUT2D eigenvalue weighted by atomic mass is 16.1. The standard InChI is InChI=1S/C21H22N4O/c1-2-3-14-23-21(26)19-20(22)25-18(16-12-8-5-9-13-16)17(24-19)15-10-6-4-7-11-15/h4-13H,2-3,14H2,1H3,(H2,22,25)(H,23,26). The van der Waals surface area contributed by atoms with Crippen molar-refractivity contribution in [3.63, 3.8) is 0 Å². The maximum Gasteiger partial charge on any atom is 0.273 e. The molecule has 132 valence electrons. The average molecular weight is 346 g/mol. The van der Waals surface area contributed by atoms with E-state index in [4.69, 9.17) is 5.73 Å². The molecule has 0 radical (unpaired) electrons. The van der Waals surface area contributed by atoms with E-state index >= 15 is 0 Å². The number of hydrogen-bond donors (Lipinski definition) is 2. The van der Waals surface area contributed by atoms with Crippen molar-refractivity contribution >= 4 is 11.7 Å². The van der Waals surface area contributed by atoms with Gasteiger partial charge in [0.25, 0.3) is 5.91 Å². The lowest BCUT2D eigenvalue weighted by atomic mass is 10.0. The summed E-state index contributed by atoms with van der Waals surface area (Å²) in [7, 11) is 0. The molecule has 26 heavy (non-hydrogen) atoms. The Morgan fingerprint density at radius 2 is 1.46 bits per heavy atom. The van der Waals surface area contributed by atoms with Crippen LogP contribution < -0.4 is 11.1 Å². The van der Waals surface area contributed by atoms with Crippen molar-refractivity contribution in [2.75, 3.05) is 12.3 Å². The van der Waals surface area contributed by atoms with E-state index in [0.717, 1.165) is 24.0 Å².